The van der Waals surface area contributed by atoms with Crippen LogP contribution in [0.1, 0.15) is 28.4 Å². The van der Waals surface area contributed by atoms with Gasteiger partial charge in [-0.15, -0.1) is 0 Å². The minimum absolute atomic E-state index is 0.116. The normalized spacial score (nSPS) is 14.4. The molecule has 96 valence electrons. The second-order valence-corrected chi connectivity index (χ2v) is 4.84. The Kier molecular flexibility index (Phi) is 3.08. The number of carbonyl (C=O) groups is 1. The standard InChI is InChI=1S/C17H17NO/c1-2-18-16-10-6-4-8-14(16)12-11-13-7-3-5-9-15(13)17(18)19/h3-10H,2,11-12H2,1H3. The van der Waals surface area contributed by atoms with Crippen molar-refractivity contribution in [2.24, 2.45) is 0 Å². The van der Waals surface area contributed by atoms with Gasteiger partial charge in [0.15, 0.2) is 0 Å². The summed E-state index contributed by atoms with van der Waals surface area (Å²) in [5, 5.41) is 0. The molecule has 0 atom stereocenters. The van der Waals surface area contributed by atoms with Crippen molar-refractivity contribution in [2.75, 3.05) is 11.4 Å². The Labute approximate surface area is 113 Å². The van der Waals surface area contributed by atoms with Gasteiger partial charge in [0.05, 0.1) is 0 Å². The number of amides is 1. The van der Waals surface area contributed by atoms with Crippen LogP contribution in [0.3, 0.4) is 0 Å². The molecule has 0 aromatic heterocycles. The molecule has 0 unspecified atom stereocenters. The van der Waals surface area contributed by atoms with Crippen molar-refractivity contribution in [1.82, 2.24) is 0 Å². The molecule has 0 aliphatic carbocycles. The summed E-state index contributed by atoms with van der Waals surface area (Å²) in [4.78, 5) is 14.6. The maximum atomic E-state index is 12.7. The maximum absolute atomic E-state index is 12.7. The largest absolute Gasteiger partial charge is 0.308 e. The first-order valence-electron chi connectivity index (χ1n) is 6.79. The summed E-state index contributed by atoms with van der Waals surface area (Å²) in [6, 6.07) is 16.2. The second kappa shape index (κ2) is 4.88. The molecule has 3 rings (SSSR count). The molecule has 0 saturated heterocycles. The van der Waals surface area contributed by atoms with Crippen molar-refractivity contribution in [3.05, 3.63) is 65.2 Å². The first kappa shape index (κ1) is 12.0. The van der Waals surface area contributed by atoms with Gasteiger partial charge in [0.25, 0.3) is 5.91 Å². The third-order valence-electron chi connectivity index (χ3n) is 3.76. The Morgan fingerprint density at radius 1 is 0.947 bits per heavy atom. The molecule has 1 aliphatic heterocycles. The lowest BCUT2D eigenvalue weighted by molar-refractivity contribution is 0.0986. The van der Waals surface area contributed by atoms with E-state index in [4.69, 9.17) is 0 Å². The van der Waals surface area contributed by atoms with Crippen LogP contribution in [0, 0.1) is 0 Å². The van der Waals surface area contributed by atoms with E-state index in [9.17, 15) is 4.79 Å². The Hall–Kier alpha value is -2.09. The van der Waals surface area contributed by atoms with E-state index in [1.54, 1.807) is 0 Å². The van der Waals surface area contributed by atoms with Crippen LogP contribution in [0.15, 0.2) is 48.5 Å². The molecule has 0 spiro atoms. The highest BCUT2D eigenvalue weighted by Crippen LogP contribution is 2.27. The first-order chi connectivity index (χ1) is 9.31. The number of carbonyl (C=O) groups excluding carboxylic acids is 1. The van der Waals surface area contributed by atoms with Crippen LogP contribution < -0.4 is 4.90 Å². The van der Waals surface area contributed by atoms with Crippen LogP contribution in [0.5, 0.6) is 0 Å². The van der Waals surface area contributed by atoms with Gasteiger partial charge in [-0.05, 0) is 43.0 Å². The lowest BCUT2D eigenvalue weighted by Gasteiger charge is -2.27. The average Bonchev–Trinajstić information content (AvgIpc) is 2.46. The molecule has 2 heteroatoms. The molecule has 1 aliphatic rings. The summed E-state index contributed by atoms with van der Waals surface area (Å²) in [6.07, 6.45) is 1.91. The molecule has 2 nitrogen and oxygen atoms in total. The first-order valence-corrected chi connectivity index (χ1v) is 6.79. The Bertz CT molecular complexity index is 618. The van der Waals surface area contributed by atoms with Crippen molar-refractivity contribution in [3.8, 4) is 0 Å². The van der Waals surface area contributed by atoms with Crippen LogP contribution in [0.25, 0.3) is 0 Å². The fourth-order valence-electron chi connectivity index (χ4n) is 2.77. The van der Waals surface area contributed by atoms with Gasteiger partial charge >= 0.3 is 0 Å². The molecular weight excluding hydrogens is 234 g/mol. The highest BCUT2D eigenvalue weighted by molar-refractivity contribution is 6.07. The van der Waals surface area contributed by atoms with E-state index in [0.29, 0.717) is 6.54 Å². The predicted molar refractivity (Wildman–Crippen MR) is 77.6 cm³/mol. The van der Waals surface area contributed by atoms with Crippen LogP contribution in [-0.4, -0.2) is 12.5 Å². The average molecular weight is 251 g/mol. The summed E-state index contributed by atoms with van der Waals surface area (Å²) in [7, 11) is 0. The number of rotatable bonds is 1. The smallest absolute Gasteiger partial charge is 0.258 e. The number of aryl methyl sites for hydroxylation is 2. The molecule has 0 bridgehead atoms. The van der Waals surface area contributed by atoms with Crippen molar-refractivity contribution in [1.29, 1.82) is 0 Å². The van der Waals surface area contributed by atoms with Gasteiger partial charge in [0, 0.05) is 17.8 Å². The summed E-state index contributed by atoms with van der Waals surface area (Å²) in [5.74, 6) is 0.116. The number of para-hydroxylation sites is 1. The van der Waals surface area contributed by atoms with Gasteiger partial charge in [-0.1, -0.05) is 36.4 Å². The summed E-state index contributed by atoms with van der Waals surface area (Å²) in [5.41, 5.74) is 4.32. The Morgan fingerprint density at radius 2 is 1.58 bits per heavy atom. The molecule has 1 heterocycles. The quantitative estimate of drug-likeness (QED) is 0.760. The molecule has 0 saturated carbocycles. The molecule has 1 amide bonds. The van der Waals surface area contributed by atoms with E-state index >= 15 is 0 Å². The van der Waals surface area contributed by atoms with Crippen LogP contribution in [0.4, 0.5) is 5.69 Å². The van der Waals surface area contributed by atoms with E-state index in [-0.39, 0.29) is 5.91 Å². The van der Waals surface area contributed by atoms with Gasteiger partial charge in [-0.25, -0.2) is 0 Å². The zero-order valence-corrected chi connectivity index (χ0v) is 11.1. The van der Waals surface area contributed by atoms with Crippen LogP contribution in [0.2, 0.25) is 0 Å². The number of hydrogen-bond acceptors (Lipinski definition) is 1. The van der Waals surface area contributed by atoms with E-state index < -0.39 is 0 Å². The molecule has 19 heavy (non-hydrogen) atoms. The minimum Gasteiger partial charge on any atom is -0.308 e. The van der Waals surface area contributed by atoms with E-state index in [2.05, 4.69) is 12.1 Å². The van der Waals surface area contributed by atoms with Crippen LogP contribution >= 0.6 is 0 Å². The highest BCUT2D eigenvalue weighted by atomic mass is 16.2. The lowest BCUT2D eigenvalue weighted by Crippen LogP contribution is -2.33. The van der Waals surface area contributed by atoms with Gasteiger partial charge in [0.2, 0.25) is 0 Å². The summed E-state index contributed by atoms with van der Waals surface area (Å²) < 4.78 is 0. The van der Waals surface area contributed by atoms with Crippen molar-refractivity contribution in [3.63, 3.8) is 0 Å². The van der Waals surface area contributed by atoms with Gasteiger partial charge in [0.1, 0.15) is 0 Å². The minimum atomic E-state index is 0.116. The summed E-state index contributed by atoms with van der Waals surface area (Å²) in [6.45, 7) is 2.73. The topological polar surface area (TPSA) is 20.3 Å². The lowest BCUT2D eigenvalue weighted by atomic mass is 9.95. The highest BCUT2D eigenvalue weighted by Gasteiger charge is 2.23. The van der Waals surface area contributed by atoms with Gasteiger partial charge in [-0.2, -0.15) is 0 Å². The zero-order chi connectivity index (χ0) is 13.2. The number of anilines is 1. The summed E-state index contributed by atoms with van der Waals surface area (Å²) >= 11 is 0. The molecule has 0 fully saturated rings. The fourth-order valence-corrected chi connectivity index (χ4v) is 2.77. The number of benzene rings is 2. The van der Waals surface area contributed by atoms with Gasteiger partial charge in [-0.3, -0.25) is 4.79 Å². The molecule has 2 aromatic rings. The third kappa shape index (κ3) is 2.03. The number of nitrogens with zero attached hydrogens (tertiary/aromatic N) is 1. The monoisotopic (exact) mass is 251 g/mol. The Morgan fingerprint density at radius 3 is 2.37 bits per heavy atom. The molecular formula is C17H17NO. The molecule has 0 N–H and O–H groups in total. The molecule has 2 aromatic carbocycles. The fraction of sp³-hybridized carbons (Fsp3) is 0.235. The predicted octanol–water partition coefficient (Wildman–Crippen LogP) is 3.45. The third-order valence-corrected chi connectivity index (χ3v) is 3.76. The van der Waals surface area contributed by atoms with Crippen molar-refractivity contribution in [2.45, 2.75) is 19.8 Å². The SMILES string of the molecule is CCN1C(=O)c2ccccc2CCc2ccccc21. The maximum Gasteiger partial charge on any atom is 0.258 e. The van der Waals surface area contributed by atoms with Gasteiger partial charge < -0.3 is 4.90 Å². The number of hydrogen-bond donors (Lipinski definition) is 0. The second-order valence-electron chi connectivity index (χ2n) is 4.84. The van der Waals surface area contributed by atoms with E-state index in [0.717, 1.165) is 29.7 Å². The van der Waals surface area contributed by atoms with Crippen molar-refractivity contribution >= 4 is 11.6 Å². The van der Waals surface area contributed by atoms with E-state index in [1.165, 1.54) is 5.56 Å². The number of fused-ring (bicyclic) bond motifs is 2. The molecule has 0 radical (unpaired) electrons. The zero-order valence-electron chi connectivity index (χ0n) is 11.1. The van der Waals surface area contributed by atoms with E-state index in [1.807, 2.05) is 48.2 Å². The van der Waals surface area contributed by atoms with Crippen molar-refractivity contribution < 1.29 is 4.79 Å². The van der Waals surface area contributed by atoms with Crippen LogP contribution in [-0.2, 0) is 12.8 Å². The Balaban J connectivity index is 2.15.